The lowest BCUT2D eigenvalue weighted by Crippen LogP contribution is -2.44. The SMILES string of the molecule is CC(C)(C)OC(=O)C(O)C(O)C(=O)OCC(O)COC(=O)c1cccc2cc3c(C=O)cccc3cc12. The van der Waals surface area contributed by atoms with Gasteiger partial charge in [0, 0.05) is 5.56 Å². The number of hydrogen-bond donors (Lipinski definition) is 3. The zero-order chi connectivity index (χ0) is 27.3. The molecule has 37 heavy (non-hydrogen) atoms. The second-order valence-electron chi connectivity index (χ2n) is 9.37. The summed E-state index contributed by atoms with van der Waals surface area (Å²) in [5.41, 5.74) is -0.193. The molecular weight excluding hydrogens is 484 g/mol. The number of carbonyl (C=O) groups excluding carboxylic acids is 4. The quantitative estimate of drug-likeness (QED) is 0.167. The van der Waals surface area contributed by atoms with Crippen molar-refractivity contribution >= 4 is 45.7 Å². The summed E-state index contributed by atoms with van der Waals surface area (Å²) in [7, 11) is 0. The summed E-state index contributed by atoms with van der Waals surface area (Å²) in [6.45, 7) is 3.44. The smallest absolute Gasteiger partial charge is 0.338 e. The molecule has 3 aromatic rings. The number of aldehydes is 1. The highest BCUT2D eigenvalue weighted by Crippen LogP contribution is 2.27. The van der Waals surface area contributed by atoms with Gasteiger partial charge in [-0.15, -0.1) is 0 Å². The van der Waals surface area contributed by atoms with E-state index in [0.717, 1.165) is 17.1 Å². The van der Waals surface area contributed by atoms with E-state index in [1.54, 1.807) is 63.2 Å². The molecule has 3 unspecified atom stereocenters. The van der Waals surface area contributed by atoms with Gasteiger partial charge in [-0.1, -0.05) is 30.3 Å². The molecule has 0 saturated carbocycles. The van der Waals surface area contributed by atoms with E-state index in [2.05, 4.69) is 0 Å². The van der Waals surface area contributed by atoms with E-state index in [0.29, 0.717) is 16.3 Å². The topological polar surface area (TPSA) is 157 Å². The molecular formula is C27H28O10. The Kier molecular flexibility index (Phi) is 8.59. The number of fused-ring (bicyclic) bond motifs is 2. The van der Waals surface area contributed by atoms with Gasteiger partial charge >= 0.3 is 17.9 Å². The van der Waals surface area contributed by atoms with Crippen LogP contribution in [0.4, 0.5) is 0 Å². The Balaban J connectivity index is 1.60. The van der Waals surface area contributed by atoms with Crippen molar-refractivity contribution in [2.45, 2.75) is 44.7 Å². The van der Waals surface area contributed by atoms with Crippen LogP contribution in [-0.4, -0.2) is 76.6 Å². The van der Waals surface area contributed by atoms with Crippen molar-refractivity contribution in [2.75, 3.05) is 13.2 Å². The molecule has 3 aromatic carbocycles. The van der Waals surface area contributed by atoms with Crippen LogP contribution in [0.5, 0.6) is 0 Å². The number of aliphatic hydroxyl groups excluding tert-OH is 3. The summed E-state index contributed by atoms with van der Waals surface area (Å²) in [5.74, 6) is -3.31. The molecule has 0 fully saturated rings. The second-order valence-corrected chi connectivity index (χ2v) is 9.37. The highest BCUT2D eigenvalue weighted by molar-refractivity contribution is 6.11. The van der Waals surface area contributed by atoms with E-state index in [1.807, 2.05) is 6.07 Å². The first-order valence-corrected chi connectivity index (χ1v) is 11.4. The first kappa shape index (κ1) is 27.7. The lowest BCUT2D eigenvalue weighted by atomic mass is 9.97. The van der Waals surface area contributed by atoms with Crippen LogP contribution in [0, 0.1) is 0 Å². The minimum atomic E-state index is -2.23. The van der Waals surface area contributed by atoms with E-state index < -0.39 is 55.0 Å². The van der Waals surface area contributed by atoms with Gasteiger partial charge in [-0.05, 0) is 60.5 Å². The molecule has 0 spiro atoms. The Bertz CT molecular complexity index is 1320. The van der Waals surface area contributed by atoms with Gasteiger partial charge in [0.25, 0.3) is 0 Å². The maximum Gasteiger partial charge on any atom is 0.338 e. The van der Waals surface area contributed by atoms with Crippen molar-refractivity contribution in [1.82, 2.24) is 0 Å². The summed E-state index contributed by atoms with van der Waals surface area (Å²) in [6, 6.07) is 13.8. The van der Waals surface area contributed by atoms with Crippen LogP contribution in [0.25, 0.3) is 21.5 Å². The molecule has 10 heteroatoms. The van der Waals surface area contributed by atoms with Gasteiger partial charge in [0.15, 0.2) is 18.5 Å². The first-order chi connectivity index (χ1) is 17.4. The number of hydrogen-bond acceptors (Lipinski definition) is 10. The minimum Gasteiger partial charge on any atom is -0.461 e. The molecule has 3 rings (SSSR count). The molecule has 3 N–H and O–H groups in total. The average molecular weight is 513 g/mol. The first-order valence-electron chi connectivity index (χ1n) is 11.4. The molecule has 0 bridgehead atoms. The summed E-state index contributed by atoms with van der Waals surface area (Å²) in [5, 5.41) is 32.5. The second kappa shape index (κ2) is 11.5. The highest BCUT2D eigenvalue weighted by Gasteiger charge is 2.35. The molecule has 196 valence electrons. The third kappa shape index (κ3) is 6.88. The molecule has 0 saturated heterocycles. The number of carbonyl (C=O) groups is 4. The lowest BCUT2D eigenvalue weighted by Gasteiger charge is -2.23. The number of ether oxygens (including phenoxy) is 3. The Labute approximate surface area is 212 Å². The fourth-order valence-electron chi connectivity index (χ4n) is 3.54. The molecule has 0 aliphatic rings. The number of benzene rings is 3. The molecule has 10 nitrogen and oxygen atoms in total. The van der Waals surface area contributed by atoms with Gasteiger partial charge in [0.2, 0.25) is 0 Å². The van der Waals surface area contributed by atoms with Crippen molar-refractivity contribution in [2.24, 2.45) is 0 Å². The summed E-state index contributed by atoms with van der Waals surface area (Å²) in [4.78, 5) is 47.8. The van der Waals surface area contributed by atoms with Gasteiger partial charge in [0.05, 0.1) is 5.56 Å². The van der Waals surface area contributed by atoms with E-state index in [1.165, 1.54) is 0 Å². The molecule has 0 radical (unpaired) electrons. The maximum atomic E-state index is 12.7. The van der Waals surface area contributed by atoms with Crippen molar-refractivity contribution < 1.29 is 48.7 Å². The highest BCUT2D eigenvalue weighted by atomic mass is 16.6. The lowest BCUT2D eigenvalue weighted by molar-refractivity contribution is -0.181. The predicted octanol–water partition coefficient (Wildman–Crippen LogP) is 1.93. The van der Waals surface area contributed by atoms with Crippen molar-refractivity contribution in [3.63, 3.8) is 0 Å². The average Bonchev–Trinajstić information content (AvgIpc) is 2.86. The number of rotatable bonds is 9. The molecule has 0 aliphatic heterocycles. The van der Waals surface area contributed by atoms with Crippen molar-refractivity contribution in [3.05, 3.63) is 59.7 Å². The normalized spacial score (nSPS) is 14.0. The Morgan fingerprint density at radius 3 is 2.05 bits per heavy atom. The third-order valence-corrected chi connectivity index (χ3v) is 5.27. The number of esters is 3. The van der Waals surface area contributed by atoms with Gasteiger partial charge in [0.1, 0.15) is 24.9 Å². The minimum absolute atomic E-state index is 0.232. The van der Waals surface area contributed by atoms with Crippen LogP contribution >= 0.6 is 0 Å². The third-order valence-electron chi connectivity index (χ3n) is 5.27. The molecule has 0 heterocycles. The van der Waals surface area contributed by atoms with E-state index >= 15 is 0 Å². The van der Waals surface area contributed by atoms with Crippen LogP contribution in [0.1, 0.15) is 41.5 Å². The molecule has 0 aliphatic carbocycles. The largest absolute Gasteiger partial charge is 0.461 e. The fourth-order valence-corrected chi connectivity index (χ4v) is 3.54. The van der Waals surface area contributed by atoms with Gasteiger partial charge < -0.3 is 29.5 Å². The summed E-state index contributed by atoms with van der Waals surface area (Å²) in [6.07, 6.45) is -5.08. The Morgan fingerprint density at radius 1 is 0.838 bits per heavy atom. The Hall–Kier alpha value is -3.86. The van der Waals surface area contributed by atoms with Gasteiger partial charge in [-0.2, -0.15) is 0 Å². The monoisotopic (exact) mass is 512 g/mol. The van der Waals surface area contributed by atoms with Gasteiger partial charge in [-0.25, -0.2) is 14.4 Å². The number of aliphatic hydroxyl groups is 3. The van der Waals surface area contributed by atoms with E-state index in [9.17, 15) is 34.5 Å². The fraction of sp³-hybridized carbons (Fsp3) is 0.333. The summed E-state index contributed by atoms with van der Waals surface area (Å²) < 4.78 is 14.8. The predicted molar refractivity (Wildman–Crippen MR) is 132 cm³/mol. The van der Waals surface area contributed by atoms with Crippen LogP contribution in [0.2, 0.25) is 0 Å². The zero-order valence-electron chi connectivity index (χ0n) is 20.5. The van der Waals surface area contributed by atoms with Crippen LogP contribution in [0.3, 0.4) is 0 Å². The molecule has 3 atom stereocenters. The molecule has 0 aromatic heterocycles. The van der Waals surface area contributed by atoms with Crippen molar-refractivity contribution in [3.8, 4) is 0 Å². The summed E-state index contributed by atoms with van der Waals surface area (Å²) >= 11 is 0. The van der Waals surface area contributed by atoms with Crippen LogP contribution in [0.15, 0.2) is 48.5 Å². The Morgan fingerprint density at radius 2 is 1.41 bits per heavy atom. The van der Waals surface area contributed by atoms with Gasteiger partial charge in [-0.3, -0.25) is 4.79 Å². The standard InChI is InChI=1S/C27H28O10/c1-27(2,3)37-26(34)23(31)22(30)25(33)36-14-18(29)13-35-24(32)19-9-5-7-16-10-20-15(11-21(16)19)6-4-8-17(20)12-28/h4-12,18,22-23,29-31H,13-14H2,1-3H3. The van der Waals surface area contributed by atoms with E-state index in [-0.39, 0.29) is 5.56 Å². The van der Waals surface area contributed by atoms with Crippen LogP contribution < -0.4 is 0 Å². The zero-order valence-corrected chi connectivity index (χ0v) is 20.5. The van der Waals surface area contributed by atoms with Crippen molar-refractivity contribution in [1.29, 1.82) is 0 Å². The van der Waals surface area contributed by atoms with Crippen LogP contribution in [-0.2, 0) is 23.8 Å². The molecule has 0 amide bonds. The maximum absolute atomic E-state index is 12.7. The van der Waals surface area contributed by atoms with E-state index in [4.69, 9.17) is 14.2 Å².